The van der Waals surface area contributed by atoms with E-state index < -0.39 is 0 Å². The number of nitrogens with one attached hydrogen (secondary N) is 1. The second-order valence-electron chi connectivity index (χ2n) is 6.60. The molecule has 128 valence electrons. The summed E-state index contributed by atoms with van der Waals surface area (Å²) < 4.78 is 18.4. The van der Waals surface area contributed by atoms with E-state index in [1.54, 1.807) is 24.1 Å². The molecule has 0 aromatic heterocycles. The molecule has 0 spiro atoms. The van der Waals surface area contributed by atoms with Gasteiger partial charge in [0.25, 0.3) is 0 Å². The van der Waals surface area contributed by atoms with Crippen LogP contribution in [0.5, 0.6) is 5.75 Å². The van der Waals surface area contributed by atoms with Crippen molar-refractivity contribution in [3.05, 3.63) is 59.9 Å². The summed E-state index contributed by atoms with van der Waals surface area (Å²) in [4.78, 5) is 2.87. The zero-order valence-electron chi connectivity index (χ0n) is 14.3. The minimum atomic E-state index is -0.151. The van der Waals surface area contributed by atoms with E-state index >= 15 is 0 Å². The molecule has 1 fully saturated rings. The van der Waals surface area contributed by atoms with Crippen molar-refractivity contribution in [1.29, 1.82) is 0 Å². The lowest BCUT2D eigenvalue weighted by atomic mass is 9.81. The number of halogens is 1. The molecule has 0 bridgehead atoms. The van der Waals surface area contributed by atoms with Crippen molar-refractivity contribution in [2.24, 2.45) is 5.92 Å². The van der Waals surface area contributed by atoms with E-state index in [2.05, 4.69) is 19.2 Å². The molecule has 2 aromatic carbocycles. The normalized spacial score (nSPS) is 23.9. The molecule has 24 heavy (non-hydrogen) atoms. The Morgan fingerprint density at radius 1 is 1.12 bits per heavy atom. The maximum atomic E-state index is 13.2. The predicted octanol–water partition coefficient (Wildman–Crippen LogP) is 3.24. The summed E-state index contributed by atoms with van der Waals surface area (Å²) >= 11 is 1.91. The molecule has 1 aliphatic heterocycles. The summed E-state index contributed by atoms with van der Waals surface area (Å²) in [5.41, 5.74) is 1.28. The molecule has 1 saturated heterocycles. The van der Waals surface area contributed by atoms with Crippen LogP contribution in [0.4, 0.5) is 4.39 Å². The molecule has 1 unspecified atom stereocenters. The Labute approximate surface area is 148 Å². The summed E-state index contributed by atoms with van der Waals surface area (Å²) in [6.07, 6.45) is 1.17. The predicted molar refractivity (Wildman–Crippen MR) is 97.6 cm³/mol. The first-order valence-corrected chi connectivity index (χ1v) is 9.48. The summed E-state index contributed by atoms with van der Waals surface area (Å²) in [5.74, 6) is 2.97. The monoisotopic (exact) mass is 346 g/mol. The van der Waals surface area contributed by atoms with Crippen molar-refractivity contribution in [3.8, 4) is 5.75 Å². The smallest absolute Gasteiger partial charge is 0.123 e. The number of hydrogen-bond acceptors (Lipinski definition) is 2. The Kier molecular flexibility index (Phi) is 5.80. The average molecular weight is 346 g/mol. The van der Waals surface area contributed by atoms with Gasteiger partial charge in [0.15, 0.2) is 0 Å². The molecule has 4 heteroatoms. The number of rotatable bonds is 5. The SMILES string of the molecule is COc1ccc(SC[C@@H]2C[NH+](C)CC[C@@H]2c2ccc(F)cc2)cc1. The van der Waals surface area contributed by atoms with E-state index in [0.29, 0.717) is 11.8 Å². The fourth-order valence-corrected chi connectivity index (χ4v) is 4.61. The van der Waals surface area contributed by atoms with Gasteiger partial charge in [-0.1, -0.05) is 12.1 Å². The van der Waals surface area contributed by atoms with Gasteiger partial charge in [-0.2, -0.15) is 0 Å². The lowest BCUT2D eigenvalue weighted by Crippen LogP contribution is -3.11. The number of likely N-dealkylation sites (tertiary alicyclic amines) is 1. The minimum absolute atomic E-state index is 0.151. The van der Waals surface area contributed by atoms with Crippen molar-refractivity contribution in [3.63, 3.8) is 0 Å². The van der Waals surface area contributed by atoms with Gasteiger partial charge in [-0.3, -0.25) is 0 Å². The Morgan fingerprint density at radius 3 is 2.50 bits per heavy atom. The highest BCUT2D eigenvalue weighted by Crippen LogP contribution is 2.33. The number of methoxy groups -OCH3 is 1. The maximum absolute atomic E-state index is 13.2. The van der Waals surface area contributed by atoms with Gasteiger partial charge in [-0.25, -0.2) is 4.39 Å². The first-order chi connectivity index (χ1) is 11.7. The fraction of sp³-hybridized carbons (Fsp3) is 0.400. The zero-order chi connectivity index (χ0) is 16.9. The molecule has 0 amide bonds. The van der Waals surface area contributed by atoms with Gasteiger partial charge in [0.05, 0.1) is 27.2 Å². The van der Waals surface area contributed by atoms with Crippen molar-refractivity contribution in [1.82, 2.24) is 0 Å². The van der Waals surface area contributed by atoms with Crippen molar-refractivity contribution < 1.29 is 14.0 Å². The Morgan fingerprint density at radius 2 is 1.83 bits per heavy atom. The molecule has 1 aliphatic rings. The van der Waals surface area contributed by atoms with Crippen LogP contribution < -0.4 is 9.64 Å². The molecule has 0 saturated carbocycles. The molecule has 1 heterocycles. The quantitative estimate of drug-likeness (QED) is 0.835. The van der Waals surface area contributed by atoms with Crippen LogP contribution in [-0.4, -0.2) is 33.0 Å². The lowest BCUT2D eigenvalue weighted by molar-refractivity contribution is -0.888. The molecule has 1 N–H and O–H groups in total. The van der Waals surface area contributed by atoms with Gasteiger partial charge < -0.3 is 9.64 Å². The van der Waals surface area contributed by atoms with Crippen LogP contribution >= 0.6 is 11.8 Å². The average Bonchev–Trinajstić information content (AvgIpc) is 2.61. The number of thioether (sulfide) groups is 1. The second kappa shape index (κ2) is 8.04. The highest BCUT2D eigenvalue weighted by Gasteiger charge is 2.31. The van der Waals surface area contributed by atoms with E-state index in [9.17, 15) is 4.39 Å². The molecule has 3 atom stereocenters. The summed E-state index contributed by atoms with van der Waals surface area (Å²) in [6, 6.07) is 15.4. The molecule has 0 aliphatic carbocycles. The van der Waals surface area contributed by atoms with Crippen LogP contribution in [0.15, 0.2) is 53.4 Å². The lowest BCUT2D eigenvalue weighted by Gasteiger charge is -2.34. The molecular formula is C20H25FNOS+. The van der Waals surface area contributed by atoms with Crippen LogP contribution in [-0.2, 0) is 0 Å². The first-order valence-electron chi connectivity index (χ1n) is 8.49. The van der Waals surface area contributed by atoms with Crippen molar-refractivity contribution in [2.45, 2.75) is 17.2 Å². The van der Waals surface area contributed by atoms with Gasteiger partial charge in [0.2, 0.25) is 0 Å². The van der Waals surface area contributed by atoms with Crippen molar-refractivity contribution >= 4 is 11.8 Å². The summed E-state index contributed by atoms with van der Waals surface area (Å²) in [6.45, 7) is 2.36. The van der Waals surface area contributed by atoms with Crippen molar-refractivity contribution in [2.75, 3.05) is 33.0 Å². The van der Waals surface area contributed by atoms with Gasteiger partial charge in [0.1, 0.15) is 11.6 Å². The third kappa shape index (κ3) is 4.31. The Balaban J connectivity index is 1.68. The van der Waals surface area contributed by atoms with Gasteiger partial charge in [-0.15, -0.1) is 11.8 Å². The van der Waals surface area contributed by atoms with Crippen LogP contribution in [0, 0.1) is 11.7 Å². The Bertz CT molecular complexity index is 644. The van der Waals surface area contributed by atoms with Gasteiger partial charge in [-0.05, 0) is 47.9 Å². The van der Waals surface area contributed by atoms with Crippen LogP contribution in [0.2, 0.25) is 0 Å². The standard InChI is InChI=1S/C20H24FNOS/c1-22-12-11-20(15-3-5-17(21)6-4-15)16(13-22)14-24-19-9-7-18(23-2)8-10-19/h3-10,16,20H,11-14H2,1-2H3/p+1/t16-,20+/m0/s1. The van der Waals surface area contributed by atoms with Gasteiger partial charge in [0, 0.05) is 23.0 Å². The number of hydrogen-bond donors (Lipinski definition) is 1. The minimum Gasteiger partial charge on any atom is -0.497 e. The van der Waals surface area contributed by atoms with Crippen LogP contribution in [0.3, 0.4) is 0 Å². The highest BCUT2D eigenvalue weighted by molar-refractivity contribution is 7.99. The van der Waals surface area contributed by atoms with E-state index in [1.807, 2.05) is 36.0 Å². The summed E-state index contributed by atoms with van der Waals surface area (Å²) in [5, 5.41) is 0. The molecule has 0 radical (unpaired) electrons. The highest BCUT2D eigenvalue weighted by atomic mass is 32.2. The van der Waals surface area contributed by atoms with E-state index in [1.165, 1.54) is 30.0 Å². The third-order valence-electron chi connectivity index (χ3n) is 4.88. The van der Waals surface area contributed by atoms with Gasteiger partial charge >= 0.3 is 0 Å². The molecular weight excluding hydrogens is 321 g/mol. The van der Waals surface area contributed by atoms with Crippen LogP contribution in [0.25, 0.3) is 0 Å². The largest absolute Gasteiger partial charge is 0.497 e. The Hall–Kier alpha value is -1.52. The number of ether oxygens (including phenoxy) is 1. The molecule has 2 aromatic rings. The second-order valence-corrected chi connectivity index (χ2v) is 7.70. The first kappa shape index (κ1) is 17.3. The zero-order valence-corrected chi connectivity index (χ0v) is 15.1. The number of piperidine rings is 1. The topological polar surface area (TPSA) is 13.7 Å². The van der Waals surface area contributed by atoms with E-state index in [4.69, 9.17) is 4.74 Å². The fourth-order valence-electron chi connectivity index (χ4n) is 3.53. The van der Waals surface area contributed by atoms with E-state index in [0.717, 1.165) is 11.5 Å². The maximum Gasteiger partial charge on any atom is 0.123 e. The third-order valence-corrected chi connectivity index (χ3v) is 6.08. The number of quaternary nitrogens is 1. The molecule has 2 nitrogen and oxygen atoms in total. The number of benzene rings is 2. The summed E-state index contributed by atoms with van der Waals surface area (Å²) in [7, 11) is 3.96. The molecule has 3 rings (SSSR count). The van der Waals surface area contributed by atoms with E-state index in [-0.39, 0.29) is 5.82 Å². The van der Waals surface area contributed by atoms with Crippen LogP contribution in [0.1, 0.15) is 17.9 Å².